The molecule has 2 N–H and O–H groups in total. The molecule has 1 saturated carbocycles. The van der Waals surface area contributed by atoms with E-state index in [9.17, 15) is 14.7 Å². The van der Waals surface area contributed by atoms with E-state index in [0.29, 0.717) is 40.3 Å². The maximum atomic E-state index is 12.8. The molecule has 1 aromatic carbocycles. The van der Waals surface area contributed by atoms with Gasteiger partial charge in [-0.1, -0.05) is 11.6 Å². The van der Waals surface area contributed by atoms with Crippen LogP contribution in [0.2, 0.25) is 5.02 Å². The van der Waals surface area contributed by atoms with Gasteiger partial charge in [-0.05, 0) is 88.6 Å². The second-order valence-electron chi connectivity index (χ2n) is 8.74. The third-order valence-electron chi connectivity index (χ3n) is 5.94. The summed E-state index contributed by atoms with van der Waals surface area (Å²) in [5, 5.41) is 13.5. The first kappa shape index (κ1) is 23.2. The number of benzene rings is 1. The minimum Gasteiger partial charge on any atom is -0.438 e. The summed E-state index contributed by atoms with van der Waals surface area (Å²) in [6, 6.07) is 8.10. The molecular formula is C24H29ClN2O4. The number of nitrogens with zero attached hydrogens (tertiary/aromatic N) is 1. The zero-order valence-electron chi connectivity index (χ0n) is 18.2. The molecular weight excluding hydrogens is 416 g/mol. The fourth-order valence-electron chi connectivity index (χ4n) is 4.00. The molecule has 6 nitrogen and oxygen atoms in total. The minimum atomic E-state index is -0.653. The molecule has 0 spiro atoms. The highest BCUT2D eigenvalue weighted by molar-refractivity contribution is 6.33. The van der Waals surface area contributed by atoms with Gasteiger partial charge in [0.15, 0.2) is 5.78 Å². The Kier molecular flexibility index (Phi) is 7.34. The van der Waals surface area contributed by atoms with E-state index in [1.807, 2.05) is 13.8 Å². The van der Waals surface area contributed by atoms with Crippen LogP contribution in [0.5, 0.6) is 11.6 Å². The molecule has 0 aliphatic heterocycles. The average molecular weight is 445 g/mol. The third kappa shape index (κ3) is 6.05. The van der Waals surface area contributed by atoms with E-state index in [1.165, 1.54) is 6.92 Å². The molecule has 1 aliphatic carbocycles. The lowest BCUT2D eigenvalue weighted by Crippen LogP contribution is -2.37. The summed E-state index contributed by atoms with van der Waals surface area (Å²) in [6.07, 6.45) is 5.42. The number of ketones is 1. The van der Waals surface area contributed by atoms with E-state index >= 15 is 0 Å². The van der Waals surface area contributed by atoms with E-state index in [0.717, 1.165) is 25.7 Å². The monoisotopic (exact) mass is 444 g/mol. The van der Waals surface area contributed by atoms with Crippen LogP contribution >= 0.6 is 11.6 Å². The Hall–Kier alpha value is -2.44. The van der Waals surface area contributed by atoms with Gasteiger partial charge in [-0.15, -0.1) is 0 Å². The SMILES string of the molecule is CC(=O)c1cc(Oc2ncccc2C(=O)NC[C@H]2CC[C@H](C(C)(C)O)CC2)ccc1Cl. The standard InChI is InChI=1S/C24H29ClN2O4/c1-15(28)20-13-18(10-11-21(20)25)31-23-19(5-4-12-26-23)22(29)27-14-16-6-8-17(9-7-16)24(2,3)30/h4-5,10-13,16-17,30H,6-9,14H2,1-3H3,(H,27,29)/t16-,17-. The third-order valence-corrected chi connectivity index (χ3v) is 6.27. The second kappa shape index (κ2) is 9.79. The fraction of sp³-hybridized carbons (Fsp3) is 0.458. The lowest BCUT2D eigenvalue weighted by atomic mass is 9.75. The number of carbonyl (C=O) groups excluding carboxylic acids is 2. The average Bonchev–Trinajstić information content (AvgIpc) is 2.73. The predicted octanol–water partition coefficient (Wildman–Crippen LogP) is 5.04. The highest BCUT2D eigenvalue weighted by Crippen LogP contribution is 2.35. The van der Waals surface area contributed by atoms with Crippen LogP contribution in [-0.2, 0) is 0 Å². The Bertz CT molecular complexity index is 947. The number of hydrogen-bond acceptors (Lipinski definition) is 5. The van der Waals surface area contributed by atoms with Crippen molar-refractivity contribution < 1.29 is 19.4 Å². The van der Waals surface area contributed by atoms with Crippen LogP contribution in [0.15, 0.2) is 36.5 Å². The summed E-state index contributed by atoms with van der Waals surface area (Å²) < 4.78 is 5.81. The van der Waals surface area contributed by atoms with Gasteiger partial charge in [-0.25, -0.2) is 4.98 Å². The molecule has 0 radical (unpaired) electrons. The van der Waals surface area contributed by atoms with Gasteiger partial charge in [0.2, 0.25) is 5.88 Å². The Balaban J connectivity index is 1.63. The molecule has 0 bridgehead atoms. The molecule has 1 fully saturated rings. The number of nitrogens with one attached hydrogen (secondary N) is 1. The predicted molar refractivity (Wildman–Crippen MR) is 120 cm³/mol. The maximum absolute atomic E-state index is 12.8. The molecule has 0 atom stereocenters. The lowest BCUT2D eigenvalue weighted by Gasteiger charge is -2.35. The quantitative estimate of drug-likeness (QED) is 0.584. The number of carbonyl (C=O) groups is 2. The Morgan fingerprint density at radius 1 is 1.19 bits per heavy atom. The number of pyridine rings is 1. The van der Waals surface area contributed by atoms with Crippen molar-refractivity contribution in [3.63, 3.8) is 0 Å². The largest absolute Gasteiger partial charge is 0.438 e. The highest BCUT2D eigenvalue weighted by atomic mass is 35.5. The van der Waals surface area contributed by atoms with E-state index < -0.39 is 5.60 Å². The van der Waals surface area contributed by atoms with Crippen LogP contribution in [0.25, 0.3) is 0 Å². The summed E-state index contributed by atoms with van der Waals surface area (Å²) in [5.74, 6) is 0.812. The summed E-state index contributed by atoms with van der Waals surface area (Å²) in [6.45, 7) is 5.73. The number of aliphatic hydroxyl groups is 1. The van der Waals surface area contributed by atoms with Crippen LogP contribution in [0.1, 0.15) is 67.2 Å². The number of hydrogen-bond donors (Lipinski definition) is 2. The van der Waals surface area contributed by atoms with Crippen molar-refractivity contribution in [3.05, 3.63) is 52.7 Å². The van der Waals surface area contributed by atoms with Gasteiger partial charge in [0.1, 0.15) is 11.3 Å². The van der Waals surface area contributed by atoms with Gasteiger partial charge in [0.25, 0.3) is 5.91 Å². The number of Topliss-reactive ketones (excluding diaryl/α,β-unsaturated/α-hetero) is 1. The van der Waals surface area contributed by atoms with Crippen LogP contribution in [0.3, 0.4) is 0 Å². The van der Waals surface area contributed by atoms with Crippen molar-refractivity contribution in [1.82, 2.24) is 10.3 Å². The molecule has 1 heterocycles. The van der Waals surface area contributed by atoms with Gasteiger partial charge in [0.05, 0.1) is 10.6 Å². The number of rotatable bonds is 7. The molecule has 1 amide bonds. The maximum Gasteiger partial charge on any atom is 0.256 e. The van der Waals surface area contributed by atoms with Gasteiger partial charge in [-0.2, -0.15) is 0 Å². The van der Waals surface area contributed by atoms with Crippen molar-refractivity contribution in [3.8, 4) is 11.6 Å². The van der Waals surface area contributed by atoms with Gasteiger partial charge in [-0.3, -0.25) is 9.59 Å². The van der Waals surface area contributed by atoms with Gasteiger partial charge >= 0.3 is 0 Å². The zero-order valence-corrected chi connectivity index (χ0v) is 18.9. The number of amides is 1. The first-order valence-corrected chi connectivity index (χ1v) is 11.0. The van der Waals surface area contributed by atoms with Crippen LogP contribution in [-0.4, -0.2) is 33.9 Å². The minimum absolute atomic E-state index is 0.169. The van der Waals surface area contributed by atoms with E-state index in [2.05, 4.69) is 10.3 Å². The molecule has 1 aromatic heterocycles. The molecule has 0 saturated heterocycles. The Morgan fingerprint density at radius 3 is 2.55 bits per heavy atom. The Morgan fingerprint density at radius 2 is 1.90 bits per heavy atom. The molecule has 3 rings (SSSR count). The molecule has 31 heavy (non-hydrogen) atoms. The number of ether oxygens (including phenoxy) is 1. The molecule has 2 aromatic rings. The van der Waals surface area contributed by atoms with Gasteiger partial charge in [0, 0.05) is 18.3 Å². The van der Waals surface area contributed by atoms with Crippen molar-refractivity contribution in [2.24, 2.45) is 11.8 Å². The molecule has 1 aliphatic rings. The number of aromatic nitrogens is 1. The van der Waals surface area contributed by atoms with E-state index in [-0.39, 0.29) is 17.6 Å². The van der Waals surface area contributed by atoms with E-state index in [4.69, 9.17) is 16.3 Å². The van der Waals surface area contributed by atoms with E-state index in [1.54, 1.807) is 36.5 Å². The van der Waals surface area contributed by atoms with Crippen LogP contribution in [0.4, 0.5) is 0 Å². The van der Waals surface area contributed by atoms with Crippen molar-refractivity contribution in [1.29, 1.82) is 0 Å². The van der Waals surface area contributed by atoms with Crippen molar-refractivity contribution in [2.45, 2.75) is 52.1 Å². The first-order chi connectivity index (χ1) is 14.6. The Labute approximate surface area is 188 Å². The van der Waals surface area contributed by atoms with Crippen LogP contribution < -0.4 is 10.1 Å². The van der Waals surface area contributed by atoms with Crippen LogP contribution in [0, 0.1) is 11.8 Å². The first-order valence-electron chi connectivity index (χ1n) is 10.6. The number of halogens is 1. The summed E-state index contributed by atoms with van der Waals surface area (Å²) in [5.41, 5.74) is 0.0230. The topological polar surface area (TPSA) is 88.5 Å². The normalized spacial score (nSPS) is 19.0. The second-order valence-corrected chi connectivity index (χ2v) is 9.14. The smallest absolute Gasteiger partial charge is 0.256 e. The molecule has 7 heteroatoms. The molecule has 166 valence electrons. The summed E-state index contributed by atoms with van der Waals surface area (Å²) >= 11 is 6.05. The van der Waals surface area contributed by atoms with Crippen molar-refractivity contribution in [2.75, 3.05) is 6.54 Å². The lowest BCUT2D eigenvalue weighted by molar-refractivity contribution is -0.00575. The van der Waals surface area contributed by atoms with Crippen molar-refractivity contribution >= 4 is 23.3 Å². The summed E-state index contributed by atoms with van der Waals surface area (Å²) in [4.78, 5) is 28.7. The highest BCUT2D eigenvalue weighted by Gasteiger charge is 2.31. The fourth-order valence-corrected chi connectivity index (χ4v) is 4.25. The van der Waals surface area contributed by atoms with Gasteiger partial charge < -0.3 is 15.2 Å². The zero-order chi connectivity index (χ0) is 22.6. The molecule has 0 unspecified atom stereocenters. The summed E-state index contributed by atoms with van der Waals surface area (Å²) in [7, 11) is 0.